The van der Waals surface area contributed by atoms with E-state index in [9.17, 15) is 0 Å². The monoisotopic (exact) mass is 287 g/mol. The summed E-state index contributed by atoms with van der Waals surface area (Å²) in [6.45, 7) is 2.37. The Morgan fingerprint density at radius 1 is 1.33 bits per heavy atom. The van der Waals surface area contributed by atoms with Gasteiger partial charge in [0.25, 0.3) is 0 Å². The van der Waals surface area contributed by atoms with Crippen LogP contribution in [0, 0.1) is 0 Å². The topological polar surface area (TPSA) is 74.2 Å². The number of hydrogen-bond donors (Lipinski definition) is 1. The van der Waals surface area contributed by atoms with Crippen LogP contribution in [0.4, 0.5) is 0 Å². The normalized spacial score (nSPS) is 15.9. The van der Waals surface area contributed by atoms with Crippen molar-refractivity contribution in [3.8, 4) is 5.75 Å². The van der Waals surface area contributed by atoms with Crippen molar-refractivity contribution in [3.63, 3.8) is 0 Å². The first kappa shape index (κ1) is 14.1. The molecule has 3 rings (SSSR count). The van der Waals surface area contributed by atoms with E-state index < -0.39 is 0 Å². The standard InChI is InChI=1S/C16H21N3O2/c1-11(17)2-3-12-4-8-14(9-5-12)20-10-15-18-16(21-19-15)13-6-7-13/h4-5,8-9,11,13H,2-3,6-7,10,17H2,1H3. The molecule has 0 saturated heterocycles. The fourth-order valence-corrected chi connectivity index (χ4v) is 2.12. The maximum Gasteiger partial charge on any atom is 0.229 e. The third kappa shape index (κ3) is 4.04. The van der Waals surface area contributed by atoms with Crippen LogP contribution in [0.1, 0.15) is 49.4 Å². The van der Waals surface area contributed by atoms with E-state index >= 15 is 0 Å². The summed E-state index contributed by atoms with van der Waals surface area (Å²) in [6, 6.07) is 8.32. The smallest absolute Gasteiger partial charge is 0.229 e. The number of nitrogens with two attached hydrogens (primary N) is 1. The molecular weight excluding hydrogens is 266 g/mol. The molecule has 0 aliphatic heterocycles. The first-order valence-corrected chi connectivity index (χ1v) is 7.50. The number of aryl methyl sites for hydroxylation is 1. The van der Waals surface area contributed by atoms with Gasteiger partial charge in [0.05, 0.1) is 0 Å². The average molecular weight is 287 g/mol. The molecule has 0 spiro atoms. The SMILES string of the molecule is CC(N)CCc1ccc(OCc2noc(C3CC3)n2)cc1. The van der Waals surface area contributed by atoms with Crippen molar-refractivity contribution in [2.75, 3.05) is 0 Å². The first-order chi connectivity index (χ1) is 10.2. The van der Waals surface area contributed by atoms with Crippen LogP contribution in [0.15, 0.2) is 28.8 Å². The Kier molecular flexibility index (Phi) is 4.20. The molecule has 1 saturated carbocycles. The Balaban J connectivity index is 1.50. The second kappa shape index (κ2) is 6.26. The van der Waals surface area contributed by atoms with E-state index in [1.54, 1.807) is 0 Å². The highest BCUT2D eigenvalue weighted by molar-refractivity contribution is 5.27. The van der Waals surface area contributed by atoms with Gasteiger partial charge in [-0.25, -0.2) is 0 Å². The Bertz CT molecular complexity index is 573. The lowest BCUT2D eigenvalue weighted by Gasteiger charge is -2.07. The number of nitrogens with zero attached hydrogens (tertiary/aromatic N) is 2. The molecule has 1 heterocycles. The third-order valence-corrected chi connectivity index (χ3v) is 3.59. The van der Waals surface area contributed by atoms with E-state index in [0.717, 1.165) is 37.3 Å². The minimum atomic E-state index is 0.236. The van der Waals surface area contributed by atoms with Crippen molar-refractivity contribution in [3.05, 3.63) is 41.5 Å². The summed E-state index contributed by atoms with van der Waals surface area (Å²) in [5.74, 6) is 2.66. The van der Waals surface area contributed by atoms with Gasteiger partial charge in [-0.1, -0.05) is 17.3 Å². The van der Waals surface area contributed by atoms with Crippen molar-refractivity contribution >= 4 is 0 Å². The molecule has 0 amide bonds. The van der Waals surface area contributed by atoms with Crippen molar-refractivity contribution < 1.29 is 9.26 Å². The van der Waals surface area contributed by atoms with Crippen LogP contribution >= 0.6 is 0 Å². The molecule has 1 aromatic carbocycles. The van der Waals surface area contributed by atoms with Gasteiger partial charge < -0.3 is 15.0 Å². The lowest BCUT2D eigenvalue weighted by Crippen LogP contribution is -2.15. The Labute approximate surface area is 124 Å². The van der Waals surface area contributed by atoms with Crippen LogP contribution in [-0.2, 0) is 13.0 Å². The molecule has 5 nitrogen and oxygen atoms in total. The summed E-state index contributed by atoms with van der Waals surface area (Å²) in [7, 11) is 0. The minimum absolute atomic E-state index is 0.236. The molecule has 1 atom stereocenters. The van der Waals surface area contributed by atoms with E-state index in [2.05, 4.69) is 22.3 Å². The average Bonchev–Trinajstić information content (AvgIpc) is 3.23. The Hall–Kier alpha value is -1.88. The van der Waals surface area contributed by atoms with E-state index in [1.165, 1.54) is 5.56 Å². The first-order valence-electron chi connectivity index (χ1n) is 7.50. The van der Waals surface area contributed by atoms with Gasteiger partial charge in [-0.2, -0.15) is 4.98 Å². The minimum Gasteiger partial charge on any atom is -0.485 e. The molecule has 1 fully saturated rings. The molecule has 1 aromatic heterocycles. The molecular formula is C16H21N3O2. The second-order valence-corrected chi connectivity index (χ2v) is 5.77. The maximum atomic E-state index is 5.76. The zero-order chi connectivity index (χ0) is 14.7. The van der Waals surface area contributed by atoms with Gasteiger partial charge in [-0.05, 0) is 50.3 Å². The molecule has 2 N–H and O–H groups in total. The van der Waals surface area contributed by atoms with Gasteiger partial charge in [0.1, 0.15) is 5.75 Å². The summed E-state index contributed by atoms with van der Waals surface area (Å²) in [4.78, 5) is 4.34. The van der Waals surface area contributed by atoms with Gasteiger partial charge >= 0.3 is 0 Å². The molecule has 112 valence electrons. The van der Waals surface area contributed by atoms with Crippen LogP contribution in [0.3, 0.4) is 0 Å². The van der Waals surface area contributed by atoms with E-state index in [0.29, 0.717) is 18.3 Å². The number of ether oxygens (including phenoxy) is 1. The molecule has 1 aliphatic rings. The Morgan fingerprint density at radius 2 is 2.10 bits per heavy atom. The van der Waals surface area contributed by atoms with Crippen LogP contribution in [-0.4, -0.2) is 16.2 Å². The van der Waals surface area contributed by atoms with E-state index in [1.807, 2.05) is 19.1 Å². The predicted octanol–water partition coefficient (Wildman–Crippen LogP) is 2.81. The van der Waals surface area contributed by atoms with Crippen molar-refractivity contribution in [2.45, 2.75) is 51.2 Å². The predicted molar refractivity (Wildman–Crippen MR) is 79.0 cm³/mol. The fraction of sp³-hybridized carbons (Fsp3) is 0.500. The van der Waals surface area contributed by atoms with Gasteiger partial charge in [0.15, 0.2) is 6.61 Å². The maximum absolute atomic E-state index is 5.76. The summed E-state index contributed by atoms with van der Waals surface area (Å²) >= 11 is 0. The lowest BCUT2D eigenvalue weighted by molar-refractivity contribution is 0.285. The quantitative estimate of drug-likeness (QED) is 0.847. The number of rotatable bonds is 7. The molecule has 5 heteroatoms. The van der Waals surface area contributed by atoms with Gasteiger partial charge in [0, 0.05) is 12.0 Å². The fourth-order valence-electron chi connectivity index (χ4n) is 2.12. The van der Waals surface area contributed by atoms with Gasteiger partial charge in [-0.3, -0.25) is 0 Å². The van der Waals surface area contributed by atoms with Crippen molar-refractivity contribution in [2.24, 2.45) is 5.73 Å². The highest BCUT2D eigenvalue weighted by atomic mass is 16.5. The van der Waals surface area contributed by atoms with Crippen LogP contribution in [0.2, 0.25) is 0 Å². The van der Waals surface area contributed by atoms with Gasteiger partial charge in [-0.15, -0.1) is 0 Å². The highest BCUT2D eigenvalue weighted by Crippen LogP contribution is 2.38. The van der Waals surface area contributed by atoms with E-state index in [4.69, 9.17) is 15.0 Å². The van der Waals surface area contributed by atoms with Crippen LogP contribution in [0.5, 0.6) is 5.75 Å². The number of benzene rings is 1. The molecule has 1 unspecified atom stereocenters. The van der Waals surface area contributed by atoms with Crippen LogP contribution < -0.4 is 10.5 Å². The summed E-state index contributed by atoms with van der Waals surface area (Å²) in [5, 5.41) is 3.93. The van der Waals surface area contributed by atoms with Crippen molar-refractivity contribution in [1.82, 2.24) is 10.1 Å². The summed E-state index contributed by atoms with van der Waals surface area (Å²) in [6.07, 6.45) is 4.30. The zero-order valence-corrected chi connectivity index (χ0v) is 12.3. The van der Waals surface area contributed by atoms with Crippen molar-refractivity contribution in [1.29, 1.82) is 0 Å². The summed E-state index contributed by atoms with van der Waals surface area (Å²) < 4.78 is 10.9. The zero-order valence-electron chi connectivity index (χ0n) is 12.3. The largest absolute Gasteiger partial charge is 0.485 e. The molecule has 2 aromatic rings. The molecule has 1 aliphatic carbocycles. The highest BCUT2D eigenvalue weighted by Gasteiger charge is 2.29. The molecule has 0 radical (unpaired) electrons. The number of hydrogen-bond acceptors (Lipinski definition) is 5. The number of aromatic nitrogens is 2. The van der Waals surface area contributed by atoms with Crippen LogP contribution in [0.25, 0.3) is 0 Å². The van der Waals surface area contributed by atoms with Gasteiger partial charge in [0.2, 0.25) is 11.7 Å². The molecule has 21 heavy (non-hydrogen) atoms. The van der Waals surface area contributed by atoms with E-state index in [-0.39, 0.29) is 6.04 Å². The Morgan fingerprint density at radius 3 is 2.76 bits per heavy atom. The second-order valence-electron chi connectivity index (χ2n) is 5.77. The summed E-state index contributed by atoms with van der Waals surface area (Å²) in [5.41, 5.74) is 7.04. The lowest BCUT2D eigenvalue weighted by atomic mass is 10.1. The third-order valence-electron chi connectivity index (χ3n) is 3.59. The molecule has 0 bridgehead atoms.